The number of alkyl halides is 1. The lowest BCUT2D eigenvalue weighted by molar-refractivity contribution is 0.613. The van der Waals surface area contributed by atoms with E-state index in [1.807, 2.05) is 134 Å². The molecule has 0 fully saturated rings. The topological polar surface area (TPSA) is 282 Å². The molecule has 0 saturated heterocycles. The third-order valence-corrected chi connectivity index (χ3v) is 18.1. The molecule has 4 aliphatic rings. The van der Waals surface area contributed by atoms with Gasteiger partial charge in [-0.25, -0.2) is 38.0 Å². The highest BCUT2D eigenvalue weighted by atomic mass is 35.5. The van der Waals surface area contributed by atoms with E-state index in [1.54, 1.807) is 92.0 Å². The molecule has 4 aliphatic heterocycles. The monoisotopic (exact) mass is 1400 g/mol. The quantitative estimate of drug-likeness (QED) is 0.148. The van der Waals surface area contributed by atoms with Gasteiger partial charge >= 0.3 is 0 Å². The van der Waals surface area contributed by atoms with Crippen molar-refractivity contribution in [1.29, 1.82) is 0 Å². The van der Waals surface area contributed by atoms with Gasteiger partial charge < -0.3 is 20.0 Å². The molecule has 97 heavy (non-hydrogen) atoms. The summed E-state index contributed by atoms with van der Waals surface area (Å²) in [6, 6.07) is 14.5. The van der Waals surface area contributed by atoms with E-state index in [0.29, 0.717) is 92.1 Å². The number of halogens is 5. The van der Waals surface area contributed by atoms with Crippen LogP contribution in [0.4, 0.5) is 28.2 Å². The molecule has 4 atom stereocenters. The standard InChI is InChI=1S/3C16H17ClN6O.C15H15ClN6O.CH3F/c3*1-9(2)14-19-7-12-15(24)22-8-13(11-5-4-10(17)6-18-11)21(3)16(22)20-23(12)14;1-8(2)13-18-6-12-14(23)21-7-11(19-15(21)20-22(12)13)10-4-3-9(16)5-17-10;1-2/h3*4-7,9,13H,8H2,1-3H3;3-6,8,11H,7H2,1-2H3,(H,19,20);1H3/t2*13-;;;/m10.../s1/i;;;;1D. The predicted molar refractivity (Wildman–Crippen MR) is 369 cm³/mol. The molecule has 12 aromatic rings. The lowest BCUT2D eigenvalue weighted by Crippen LogP contribution is -2.24. The Balaban J connectivity index is 0.000000123. The van der Waals surface area contributed by atoms with Crippen LogP contribution < -0.4 is 42.3 Å². The highest BCUT2D eigenvalue weighted by Gasteiger charge is 2.36. The Kier molecular flexibility index (Phi) is 18.4. The van der Waals surface area contributed by atoms with Crippen molar-refractivity contribution in [1.82, 2.24) is 96.6 Å². The largest absolute Gasteiger partial charge is 0.344 e. The van der Waals surface area contributed by atoms with E-state index in [1.165, 1.54) is 0 Å². The van der Waals surface area contributed by atoms with Gasteiger partial charge in [0.15, 0.2) is 22.1 Å². The average Bonchev–Trinajstić information content (AvgIpc) is 1.62. The summed E-state index contributed by atoms with van der Waals surface area (Å²) in [5.74, 6) is 6.25. The highest BCUT2D eigenvalue weighted by Crippen LogP contribution is 2.35. The van der Waals surface area contributed by atoms with E-state index < -0.39 is 7.15 Å². The van der Waals surface area contributed by atoms with Crippen molar-refractivity contribution in [2.75, 3.05) is 48.3 Å². The summed E-state index contributed by atoms with van der Waals surface area (Å²) < 4.78 is 28.8. The SMILES string of the molecule is CC(C)c1ncc2c(=O)n3c(nn12)N(C)C(c1ccc(Cl)cn1)C3.CC(C)c1ncc2c(=O)n3c(nn12)N(C)[C@@H](c1ccc(Cl)cn1)C3.CC(C)c1ncc2c(=O)n3c(nn12)N(C)[C@H](c1ccc(Cl)cn1)C3.CC(C)c1ncc2c(=O)n3c(nn12)NC(c1ccc(Cl)cn1)C3.[2H]CF. The molecule has 16 rings (SSSR count). The van der Waals surface area contributed by atoms with Crippen molar-refractivity contribution >= 4 is 92.3 Å². The van der Waals surface area contributed by atoms with Crippen molar-refractivity contribution in [3.63, 3.8) is 0 Å². The summed E-state index contributed by atoms with van der Waals surface area (Å²) in [4.78, 5) is 91.9. The minimum atomic E-state index is -1.00. The van der Waals surface area contributed by atoms with Crippen LogP contribution in [0.15, 0.2) is 117 Å². The Bertz CT molecular complexity index is 4800. The van der Waals surface area contributed by atoms with Gasteiger partial charge in [-0.05, 0) is 48.5 Å². The van der Waals surface area contributed by atoms with Gasteiger partial charge in [0.1, 0.15) is 23.3 Å². The van der Waals surface area contributed by atoms with E-state index in [4.69, 9.17) is 47.8 Å². The number of hydrogen-bond donors (Lipinski definition) is 1. The second kappa shape index (κ2) is 27.1. The summed E-state index contributed by atoms with van der Waals surface area (Å²) in [5, 5.41) is 24.1. The maximum Gasteiger partial charge on any atom is 0.281 e. The van der Waals surface area contributed by atoms with Crippen LogP contribution in [0.1, 0.15) is 151 Å². The van der Waals surface area contributed by atoms with Crippen molar-refractivity contribution in [3.8, 4) is 0 Å². The van der Waals surface area contributed by atoms with E-state index in [0.717, 1.165) is 46.1 Å². The Morgan fingerprint density at radius 3 is 0.938 bits per heavy atom. The van der Waals surface area contributed by atoms with Crippen molar-refractivity contribution in [2.45, 2.75) is 129 Å². The molecule has 0 radical (unpaired) electrons. The van der Waals surface area contributed by atoms with Gasteiger partial charge in [-0.3, -0.25) is 61.8 Å². The van der Waals surface area contributed by atoms with Crippen LogP contribution >= 0.6 is 46.4 Å². The number of hydrogen-bond acceptors (Lipinski definition) is 20. The van der Waals surface area contributed by atoms with E-state index >= 15 is 0 Å². The molecule has 0 spiro atoms. The van der Waals surface area contributed by atoms with E-state index in [-0.39, 0.29) is 70.1 Å². The van der Waals surface area contributed by atoms with E-state index in [2.05, 4.69) is 65.6 Å². The first kappa shape index (κ1) is 65.9. The van der Waals surface area contributed by atoms with Crippen LogP contribution in [-0.2, 0) is 26.2 Å². The van der Waals surface area contributed by atoms with Crippen LogP contribution in [0.25, 0.3) is 22.1 Å². The fourth-order valence-electron chi connectivity index (χ4n) is 12.2. The number of nitrogens with zero attached hydrogens (tertiary/aromatic N) is 23. The minimum Gasteiger partial charge on any atom is -0.344 e. The van der Waals surface area contributed by atoms with Gasteiger partial charge in [0.2, 0.25) is 23.8 Å². The Morgan fingerprint density at radius 2 is 0.670 bits per heavy atom. The van der Waals surface area contributed by atoms with Gasteiger partial charge in [-0.2, -0.15) is 0 Å². The van der Waals surface area contributed by atoms with Crippen LogP contribution in [0, 0.1) is 0 Å². The average molecular weight is 1400 g/mol. The highest BCUT2D eigenvalue weighted by molar-refractivity contribution is 6.31. The fraction of sp³-hybridized carbons (Fsp3) is 0.375. The number of imidazole rings is 4. The molecule has 0 aromatic carbocycles. The molecule has 33 heteroatoms. The smallest absolute Gasteiger partial charge is 0.281 e. The number of aromatic nitrogens is 20. The molecular formula is C64H69Cl4FN24O4. The number of rotatable bonds is 8. The van der Waals surface area contributed by atoms with Gasteiger partial charge in [0, 0.05) is 69.6 Å². The maximum absolute atomic E-state index is 12.8. The summed E-state index contributed by atoms with van der Waals surface area (Å²) in [6.07, 6.45) is 12.9. The summed E-state index contributed by atoms with van der Waals surface area (Å²) in [5.41, 5.74) is 5.06. The molecule has 504 valence electrons. The maximum atomic E-state index is 12.8. The molecule has 1 N–H and O–H groups in total. The lowest BCUT2D eigenvalue weighted by atomic mass is 10.2. The Hall–Kier alpha value is -9.71. The summed E-state index contributed by atoms with van der Waals surface area (Å²) >= 11 is 23.6. The third-order valence-electron chi connectivity index (χ3n) is 17.2. The lowest BCUT2D eigenvalue weighted by Gasteiger charge is -2.19. The molecule has 0 amide bonds. The van der Waals surface area contributed by atoms with Crippen molar-refractivity contribution < 1.29 is 5.76 Å². The summed E-state index contributed by atoms with van der Waals surface area (Å²) in [6.45, 7) is 18.2. The Morgan fingerprint density at radius 1 is 0.402 bits per heavy atom. The molecule has 2 unspecified atom stereocenters. The van der Waals surface area contributed by atoms with Crippen LogP contribution in [0.2, 0.25) is 20.1 Å². The van der Waals surface area contributed by atoms with Gasteiger partial charge in [0.25, 0.3) is 22.2 Å². The first-order chi connectivity index (χ1) is 46.9. The zero-order valence-electron chi connectivity index (χ0n) is 55.7. The van der Waals surface area contributed by atoms with Crippen LogP contribution in [-0.4, -0.2) is 125 Å². The van der Waals surface area contributed by atoms with E-state index in [9.17, 15) is 23.6 Å². The number of pyridine rings is 4. The first-order valence-corrected chi connectivity index (χ1v) is 32.6. The zero-order valence-corrected chi connectivity index (χ0v) is 57.7. The molecule has 0 aliphatic carbocycles. The third kappa shape index (κ3) is 12.4. The van der Waals surface area contributed by atoms with Gasteiger partial charge in [-0.1, -0.05) is 102 Å². The molecular weight excluding hydrogens is 1330 g/mol. The molecule has 0 bridgehead atoms. The van der Waals surface area contributed by atoms with Crippen LogP contribution in [0.5, 0.6) is 0 Å². The molecule has 16 heterocycles. The van der Waals surface area contributed by atoms with Crippen molar-refractivity contribution in [3.05, 3.63) is 206 Å². The number of fused-ring (bicyclic) bond motifs is 8. The predicted octanol–water partition coefficient (Wildman–Crippen LogP) is 9.58. The fourth-order valence-corrected chi connectivity index (χ4v) is 12.6. The second-order valence-corrected chi connectivity index (χ2v) is 26.6. The van der Waals surface area contributed by atoms with Gasteiger partial charge in [0.05, 0.1) is 127 Å². The molecule has 12 aromatic heterocycles. The molecule has 0 saturated carbocycles. The van der Waals surface area contributed by atoms with Crippen LogP contribution in [0.3, 0.4) is 0 Å². The normalized spacial score (nSPS) is 16.8. The Labute approximate surface area is 575 Å². The number of likely N-dealkylation sites (N-methyl/N-ethyl adjacent to an activating group) is 3. The minimum absolute atomic E-state index is 0.0509. The number of anilines is 4. The second-order valence-electron chi connectivity index (χ2n) is 24.8. The summed E-state index contributed by atoms with van der Waals surface area (Å²) in [7, 11) is 4.76. The van der Waals surface area contributed by atoms with Crippen molar-refractivity contribution in [2.24, 2.45) is 0 Å². The molecule has 28 nitrogen and oxygen atoms in total. The number of nitrogens with one attached hydrogen (secondary N) is 1. The van der Waals surface area contributed by atoms with Gasteiger partial charge in [-0.15, -0.1) is 20.4 Å². The first-order valence-electron chi connectivity index (χ1n) is 31.8. The zero-order chi connectivity index (χ0) is 69.9.